The fraction of sp³-hybridized carbons (Fsp3) is 0.733. The van der Waals surface area contributed by atoms with Crippen molar-refractivity contribution in [1.82, 2.24) is 9.78 Å². The average Bonchev–Trinajstić information content (AvgIpc) is 2.91. The number of ether oxygens (including phenoxy) is 1. The lowest BCUT2D eigenvalue weighted by Gasteiger charge is -2.38. The summed E-state index contributed by atoms with van der Waals surface area (Å²) in [4.78, 5) is 12.2. The second-order valence-corrected chi connectivity index (χ2v) is 6.91. The minimum absolute atomic E-state index is 0.0500. The van der Waals surface area contributed by atoms with Crippen molar-refractivity contribution < 1.29 is 9.53 Å². The van der Waals surface area contributed by atoms with Crippen LogP contribution in [0.3, 0.4) is 0 Å². The van der Waals surface area contributed by atoms with Crippen LogP contribution in [-0.2, 0) is 11.8 Å². The van der Waals surface area contributed by atoms with Gasteiger partial charge < -0.3 is 4.74 Å². The number of fused-ring (bicyclic) bond motifs is 2. The van der Waals surface area contributed by atoms with Crippen LogP contribution in [0.5, 0.6) is 0 Å². The summed E-state index contributed by atoms with van der Waals surface area (Å²) >= 11 is 0. The topological polar surface area (TPSA) is 44.1 Å². The van der Waals surface area contributed by atoms with Crippen molar-refractivity contribution in [2.45, 2.75) is 46.1 Å². The second kappa shape index (κ2) is 3.84. The maximum Gasteiger partial charge on any atom is 0.341 e. The summed E-state index contributed by atoms with van der Waals surface area (Å²) < 4.78 is 7.42. The van der Waals surface area contributed by atoms with Gasteiger partial charge in [-0.1, -0.05) is 20.8 Å². The van der Waals surface area contributed by atoms with Crippen LogP contribution in [-0.4, -0.2) is 21.9 Å². The summed E-state index contributed by atoms with van der Waals surface area (Å²) in [5.74, 6) is 0.451. The van der Waals surface area contributed by atoms with Gasteiger partial charge in [0.25, 0.3) is 0 Å². The van der Waals surface area contributed by atoms with Gasteiger partial charge >= 0.3 is 5.97 Å². The predicted octanol–water partition coefficient (Wildman–Crippen LogP) is 2.79. The van der Waals surface area contributed by atoms with Crippen molar-refractivity contribution in [2.24, 2.45) is 23.8 Å². The number of carbonyl (C=O) groups excluding carboxylic acids is 1. The van der Waals surface area contributed by atoms with Gasteiger partial charge in [-0.25, -0.2) is 4.79 Å². The van der Waals surface area contributed by atoms with Gasteiger partial charge in [-0.05, 0) is 30.6 Å². The number of esters is 1. The van der Waals surface area contributed by atoms with Crippen LogP contribution in [0.25, 0.3) is 0 Å². The molecule has 4 heteroatoms. The Kier molecular flexibility index (Phi) is 2.57. The molecule has 2 saturated carbocycles. The summed E-state index contributed by atoms with van der Waals surface area (Å²) in [6, 6.07) is 0. The van der Waals surface area contributed by atoms with Gasteiger partial charge in [-0.3, -0.25) is 4.68 Å². The molecule has 0 N–H and O–H groups in total. The minimum Gasteiger partial charge on any atom is -0.458 e. The van der Waals surface area contributed by atoms with Crippen molar-refractivity contribution >= 4 is 5.97 Å². The Bertz CT molecular complexity index is 520. The van der Waals surface area contributed by atoms with Gasteiger partial charge in [0.1, 0.15) is 6.10 Å². The minimum atomic E-state index is -0.234. The predicted molar refractivity (Wildman–Crippen MR) is 71.6 cm³/mol. The van der Waals surface area contributed by atoms with Gasteiger partial charge in [-0.2, -0.15) is 5.10 Å². The first-order chi connectivity index (χ1) is 8.84. The molecule has 19 heavy (non-hydrogen) atoms. The molecule has 0 spiro atoms. The third-order valence-corrected chi connectivity index (χ3v) is 5.90. The van der Waals surface area contributed by atoms with Crippen LogP contribution in [0, 0.1) is 16.7 Å². The molecule has 0 aromatic carbocycles. The number of hydrogen-bond donors (Lipinski definition) is 0. The van der Waals surface area contributed by atoms with Crippen LogP contribution in [0.4, 0.5) is 0 Å². The highest BCUT2D eigenvalue weighted by atomic mass is 16.5. The summed E-state index contributed by atoms with van der Waals surface area (Å²) in [7, 11) is 1.80. The summed E-state index contributed by atoms with van der Waals surface area (Å²) in [5.41, 5.74) is 0.939. The van der Waals surface area contributed by atoms with E-state index >= 15 is 0 Å². The van der Waals surface area contributed by atoms with E-state index < -0.39 is 0 Å². The number of hydrogen-bond acceptors (Lipinski definition) is 3. The SMILES string of the molecule is Cn1cc(C(=O)OC2CC3CCC2(C)C3(C)C)cn1. The summed E-state index contributed by atoms with van der Waals surface area (Å²) in [6.45, 7) is 6.92. The van der Waals surface area contributed by atoms with Crippen molar-refractivity contribution in [2.75, 3.05) is 0 Å². The van der Waals surface area contributed by atoms with Gasteiger partial charge in [0.15, 0.2) is 0 Å². The van der Waals surface area contributed by atoms with E-state index in [0.29, 0.717) is 11.5 Å². The first-order valence-electron chi connectivity index (χ1n) is 7.04. The van der Waals surface area contributed by atoms with Crippen molar-refractivity contribution in [3.05, 3.63) is 18.0 Å². The van der Waals surface area contributed by atoms with E-state index in [2.05, 4.69) is 25.9 Å². The standard InChI is InChI=1S/C15H22N2O2/c1-14(2)11-5-6-15(14,3)12(7-11)19-13(18)10-8-16-17(4)9-10/h8-9,11-12H,5-7H2,1-4H3. The molecule has 1 aromatic heterocycles. The summed E-state index contributed by atoms with van der Waals surface area (Å²) in [5, 5.41) is 4.02. The Morgan fingerprint density at radius 3 is 2.68 bits per heavy atom. The Hall–Kier alpha value is -1.32. The Labute approximate surface area is 114 Å². The van der Waals surface area contributed by atoms with Gasteiger partial charge in [0.05, 0.1) is 11.8 Å². The number of aromatic nitrogens is 2. The molecule has 2 aliphatic carbocycles. The first-order valence-corrected chi connectivity index (χ1v) is 7.04. The maximum absolute atomic E-state index is 12.2. The molecule has 3 unspecified atom stereocenters. The normalized spacial score (nSPS) is 35.6. The fourth-order valence-electron chi connectivity index (χ4n) is 4.03. The van der Waals surface area contributed by atoms with Crippen LogP contribution in [0.15, 0.2) is 12.4 Å². The van der Waals surface area contributed by atoms with E-state index in [1.807, 2.05) is 0 Å². The molecular weight excluding hydrogens is 240 g/mol. The van der Waals surface area contributed by atoms with E-state index in [0.717, 1.165) is 12.8 Å². The lowest BCUT2D eigenvalue weighted by molar-refractivity contribution is -0.0242. The largest absolute Gasteiger partial charge is 0.458 e. The highest BCUT2D eigenvalue weighted by Crippen LogP contribution is 2.66. The monoisotopic (exact) mass is 262 g/mol. The van der Waals surface area contributed by atoms with Crippen LogP contribution in [0.2, 0.25) is 0 Å². The van der Waals surface area contributed by atoms with Crippen LogP contribution >= 0.6 is 0 Å². The molecule has 0 amide bonds. The third kappa shape index (κ3) is 1.65. The molecule has 0 saturated heterocycles. The summed E-state index contributed by atoms with van der Waals surface area (Å²) in [6.07, 6.45) is 6.77. The number of carbonyl (C=O) groups is 1. The first kappa shape index (κ1) is 12.7. The highest BCUT2D eigenvalue weighted by molar-refractivity contribution is 5.88. The molecule has 2 bridgehead atoms. The highest BCUT2D eigenvalue weighted by Gasteiger charge is 2.62. The van der Waals surface area contributed by atoms with Crippen LogP contribution in [0.1, 0.15) is 50.4 Å². The molecule has 0 radical (unpaired) electrons. The molecule has 2 aliphatic rings. The van der Waals surface area contributed by atoms with E-state index in [1.54, 1.807) is 24.1 Å². The quantitative estimate of drug-likeness (QED) is 0.770. The number of nitrogens with zero attached hydrogens (tertiary/aromatic N) is 2. The Morgan fingerprint density at radius 2 is 2.21 bits per heavy atom. The van der Waals surface area contributed by atoms with E-state index in [1.165, 1.54) is 6.42 Å². The Morgan fingerprint density at radius 1 is 1.47 bits per heavy atom. The number of rotatable bonds is 2. The maximum atomic E-state index is 12.2. The molecule has 4 nitrogen and oxygen atoms in total. The molecule has 2 fully saturated rings. The smallest absolute Gasteiger partial charge is 0.341 e. The van der Waals surface area contributed by atoms with Crippen molar-refractivity contribution in [1.29, 1.82) is 0 Å². The van der Waals surface area contributed by atoms with E-state index in [4.69, 9.17) is 4.74 Å². The molecular formula is C15H22N2O2. The fourth-order valence-corrected chi connectivity index (χ4v) is 4.03. The van der Waals surface area contributed by atoms with Gasteiger partial charge in [0.2, 0.25) is 0 Å². The zero-order valence-electron chi connectivity index (χ0n) is 12.1. The average molecular weight is 262 g/mol. The molecule has 1 aromatic rings. The van der Waals surface area contributed by atoms with E-state index in [9.17, 15) is 4.79 Å². The molecule has 3 rings (SSSR count). The third-order valence-electron chi connectivity index (χ3n) is 5.90. The zero-order valence-corrected chi connectivity index (χ0v) is 12.1. The number of aryl methyl sites for hydroxylation is 1. The molecule has 3 atom stereocenters. The van der Waals surface area contributed by atoms with Gasteiger partial charge in [-0.15, -0.1) is 0 Å². The van der Waals surface area contributed by atoms with Crippen LogP contribution < -0.4 is 0 Å². The molecule has 0 aliphatic heterocycles. The van der Waals surface area contributed by atoms with Crippen molar-refractivity contribution in [3.8, 4) is 0 Å². The molecule has 1 heterocycles. The lowest BCUT2D eigenvalue weighted by atomic mass is 9.70. The molecule has 104 valence electrons. The zero-order chi connectivity index (χ0) is 13.8. The van der Waals surface area contributed by atoms with E-state index in [-0.39, 0.29) is 22.9 Å². The lowest BCUT2D eigenvalue weighted by Crippen LogP contribution is -2.38. The second-order valence-electron chi connectivity index (χ2n) is 6.91. The Balaban J connectivity index is 1.77. The van der Waals surface area contributed by atoms with Gasteiger partial charge in [0, 0.05) is 18.7 Å². The van der Waals surface area contributed by atoms with Crippen molar-refractivity contribution in [3.63, 3.8) is 0 Å².